The predicted molar refractivity (Wildman–Crippen MR) is 117 cm³/mol. The number of alkyl halides is 3. The first-order chi connectivity index (χ1) is 15.3. The number of carboxylic acids is 1. The molecule has 2 rings (SSSR count). The zero-order valence-corrected chi connectivity index (χ0v) is 18.8. The number of hydrogen-bond acceptors (Lipinski definition) is 4. The van der Waals surface area contributed by atoms with Gasteiger partial charge in [0.05, 0.1) is 19.2 Å². The minimum Gasteiger partial charge on any atom is -0.497 e. The fourth-order valence-electron chi connectivity index (χ4n) is 2.91. The van der Waals surface area contributed by atoms with Crippen molar-refractivity contribution in [3.8, 4) is 5.75 Å². The molecule has 0 atom stereocenters. The number of nitrogens with zero attached hydrogens (tertiary/aromatic N) is 1. The highest BCUT2D eigenvalue weighted by atomic mass is 19.4. The maximum absolute atomic E-state index is 12.9. The Balaban J connectivity index is 2.40. The van der Waals surface area contributed by atoms with Gasteiger partial charge < -0.3 is 14.6 Å². The molecular formula is C24H26F3NO5. The van der Waals surface area contributed by atoms with Gasteiger partial charge in [-0.2, -0.15) is 13.2 Å². The van der Waals surface area contributed by atoms with E-state index in [0.717, 1.165) is 18.2 Å². The van der Waals surface area contributed by atoms with E-state index in [0.29, 0.717) is 22.4 Å². The molecule has 178 valence electrons. The quantitative estimate of drug-likeness (QED) is 0.527. The molecule has 0 saturated heterocycles. The first kappa shape index (κ1) is 25.8. The number of aliphatic carboxylic acids is 1. The number of carboxylic acid groups (broad SMARTS) is 1. The molecule has 0 spiro atoms. The smallest absolute Gasteiger partial charge is 0.416 e. The summed E-state index contributed by atoms with van der Waals surface area (Å²) < 4.78 is 49.4. The number of halogens is 3. The summed E-state index contributed by atoms with van der Waals surface area (Å²) in [5.74, 6) is -0.637. The van der Waals surface area contributed by atoms with Crippen LogP contribution in [0.1, 0.15) is 43.0 Å². The van der Waals surface area contributed by atoms with Crippen LogP contribution in [0.25, 0.3) is 6.08 Å². The van der Waals surface area contributed by atoms with E-state index in [-0.39, 0.29) is 13.1 Å². The van der Waals surface area contributed by atoms with E-state index >= 15 is 0 Å². The van der Waals surface area contributed by atoms with Gasteiger partial charge in [0.2, 0.25) is 0 Å². The van der Waals surface area contributed by atoms with Crippen molar-refractivity contribution in [1.29, 1.82) is 0 Å². The standard InChI is InChI=1S/C24H26F3NO5/c1-23(2,3)33-22(31)28(14-16-5-9-19(10-6-16)24(25,26)27)15-18-13-20(32-4)11-7-17(18)8-12-21(29)30/h5-13H,14-15H2,1-4H3,(H,29,30). The van der Waals surface area contributed by atoms with E-state index in [1.807, 2.05) is 0 Å². The first-order valence-electron chi connectivity index (χ1n) is 10.0. The zero-order valence-electron chi connectivity index (χ0n) is 18.8. The van der Waals surface area contributed by atoms with Crippen LogP contribution in [0.2, 0.25) is 0 Å². The van der Waals surface area contributed by atoms with E-state index in [2.05, 4.69) is 0 Å². The van der Waals surface area contributed by atoms with Crippen molar-refractivity contribution in [2.24, 2.45) is 0 Å². The third-order valence-electron chi connectivity index (χ3n) is 4.42. The van der Waals surface area contributed by atoms with E-state index in [4.69, 9.17) is 14.6 Å². The van der Waals surface area contributed by atoms with Gasteiger partial charge in [0.15, 0.2) is 0 Å². The summed E-state index contributed by atoms with van der Waals surface area (Å²) in [6, 6.07) is 9.47. The first-order valence-corrected chi connectivity index (χ1v) is 10.0. The number of ether oxygens (including phenoxy) is 2. The Hall–Kier alpha value is -3.49. The number of rotatable bonds is 7. The number of methoxy groups -OCH3 is 1. The number of benzene rings is 2. The molecule has 0 unspecified atom stereocenters. The molecule has 0 bridgehead atoms. The van der Waals surface area contributed by atoms with E-state index in [9.17, 15) is 22.8 Å². The van der Waals surface area contributed by atoms with Gasteiger partial charge in [-0.15, -0.1) is 0 Å². The van der Waals surface area contributed by atoms with Crippen LogP contribution in [-0.4, -0.2) is 34.8 Å². The third-order valence-corrected chi connectivity index (χ3v) is 4.42. The molecule has 0 fully saturated rings. The van der Waals surface area contributed by atoms with Crippen LogP contribution in [0.15, 0.2) is 48.5 Å². The lowest BCUT2D eigenvalue weighted by atomic mass is 10.0. The second kappa shape index (κ2) is 10.4. The van der Waals surface area contributed by atoms with Crippen molar-refractivity contribution < 1.29 is 37.3 Å². The fourth-order valence-corrected chi connectivity index (χ4v) is 2.91. The Morgan fingerprint density at radius 3 is 2.18 bits per heavy atom. The van der Waals surface area contributed by atoms with Gasteiger partial charge in [-0.25, -0.2) is 9.59 Å². The van der Waals surface area contributed by atoms with Gasteiger partial charge >= 0.3 is 18.2 Å². The predicted octanol–water partition coefficient (Wildman–Crippen LogP) is 5.75. The Kier molecular flexibility index (Phi) is 8.13. The average Bonchev–Trinajstić information content (AvgIpc) is 2.70. The molecule has 2 aromatic rings. The van der Waals surface area contributed by atoms with Gasteiger partial charge in [-0.05, 0) is 67.8 Å². The van der Waals surface area contributed by atoms with Gasteiger partial charge in [0, 0.05) is 12.6 Å². The summed E-state index contributed by atoms with van der Waals surface area (Å²) >= 11 is 0. The Morgan fingerprint density at radius 1 is 1.03 bits per heavy atom. The average molecular weight is 465 g/mol. The maximum atomic E-state index is 12.9. The molecule has 0 heterocycles. The molecule has 0 aliphatic carbocycles. The molecule has 33 heavy (non-hydrogen) atoms. The Bertz CT molecular complexity index is 1010. The van der Waals surface area contributed by atoms with E-state index < -0.39 is 29.4 Å². The van der Waals surface area contributed by atoms with Crippen molar-refractivity contribution in [1.82, 2.24) is 4.90 Å². The summed E-state index contributed by atoms with van der Waals surface area (Å²) in [7, 11) is 1.47. The lowest BCUT2D eigenvalue weighted by Crippen LogP contribution is -2.36. The van der Waals surface area contributed by atoms with Crippen molar-refractivity contribution in [2.75, 3.05) is 7.11 Å². The van der Waals surface area contributed by atoms with Crippen molar-refractivity contribution in [3.05, 3.63) is 70.8 Å². The summed E-state index contributed by atoms with van der Waals surface area (Å²) in [6.45, 7) is 5.09. The second-order valence-electron chi connectivity index (χ2n) is 8.27. The normalized spacial score (nSPS) is 12.0. The molecule has 0 saturated carbocycles. The molecule has 2 aromatic carbocycles. The van der Waals surface area contributed by atoms with E-state index in [1.165, 1.54) is 30.2 Å². The number of amides is 1. The molecule has 1 N–H and O–H groups in total. The SMILES string of the molecule is COc1ccc(C=CC(=O)O)c(CN(Cc2ccc(C(F)(F)F)cc2)C(=O)OC(C)(C)C)c1. The molecule has 0 radical (unpaired) electrons. The van der Waals surface area contributed by atoms with Crippen LogP contribution in [0, 0.1) is 0 Å². The molecule has 9 heteroatoms. The van der Waals surface area contributed by atoms with Crippen molar-refractivity contribution in [3.63, 3.8) is 0 Å². The van der Waals surface area contributed by atoms with Crippen LogP contribution in [-0.2, 0) is 28.8 Å². The third kappa shape index (κ3) is 8.17. The summed E-state index contributed by atoms with van der Waals surface area (Å²) in [5, 5.41) is 8.96. The molecule has 0 aromatic heterocycles. The Morgan fingerprint density at radius 2 is 1.67 bits per heavy atom. The highest BCUT2D eigenvalue weighted by Gasteiger charge is 2.30. The van der Waals surface area contributed by atoms with Crippen molar-refractivity contribution >= 4 is 18.1 Å². The monoisotopic (exact) mass is 465 g/mol. The van der Waals surface area contributed by atoms with Gasteiger partial charge in [0.25, 0.3) is 0 Å². The lowest BCUT2D eigenvalue weighted by molar-refractivity contribution is -0.137. The summed E-state index contributed by atoms with van der Waals surface area (Å²) in [4.78, 5) is 25.2. The number of carbonyl (C=O) groups excluding carboxylic acids is 1. The highest BCUT2D eigenvalue weighted by molar-refractivity contribution is 5.85. The number of carbonyl (C=O) groups is 2. The molecule has 0 aliphatic heterocycles. The number of hydrogen-bond donors (Lipinski definition) is 1. The summed E-state index contributed by atoms with van der Waals surface area (Å²) in [6.07, 6.45) is -2.77. The van der Waals surface area contributed by atoms with Crippen LogP contribution in [0.5, 0.6) is 5.75 Å². The van der Waals surface area contributed by atoms with Gasteiger partial charge in [0.1, 0.15) is 11.4 Å². The molecule has 6 nitrogen and oxygen atoms in total. The fraction of sp³-hybridized carbons (Fsp3) is 0.333. The van der Waals surface area contributed by atoms with Crippen LogP contribution < -0.4 is 4.74 Å². The maximum Gasteiger partial charge on any atom is 0.416 e. The topological polar surface area (TPSA) is 76.1 Å². The zero-order chi connectivity index (χ0) is 24.8. The highest BCUT2D eigenvalue weighted by Crippen LogP contribution is 2.29. The van der Waals surface area contributed by atoms with Crippen molar-refractivity contribution in [2.45, 2.75) is 45.6 Å². The van der Waals surface area contributed by atoms with Crippen LogP contribution in [0.3, 0.4) is 0 Å². The summed E-state index contributed by atoms with van der Waals surface area (Å²) in [5.41, 5.74) is 0.00254. The molecular weight excluding hydrogens is 439 g/mol. The second-order valence-corrected chi connectivity index (χ2v) is 8.27. The largest absolute Gasteiger partial charge is 0.497 e. The molecule has 1 amide bonds. The van der Waals surface area contributed by atoms with Crippen LogP contribution in [0.4, 0.5) is 18.0 Å². The van der Waals surface area contributed by atoms with E-state index in [1.54, 1.807) is 39.0 Å². The minimum absolute atomic E-state index is 0.00638. The lowest BCUT2D eigenvalue weighted by Gasteiger charge is -2.28. The Labute approximate surface area is 190 Å². The molecule has 0 aliphatic rings. The minimum atomic E-state index is -4.46. The van der Waals surface area contributed by atoms with Crippen LogP contribution >= 0.6 is 0 Å². The van der Waals surface area contributed by atoms with Gasteiger partial charge in [-0.3, -0.25) is 4.90 Å². The van der Waals surface area contributed by atoms with Gasteiger partial charge in [-0.1, -0.05) is 18.2 Å².